The highest BCUT2D eigenvalue weighted by Gasteiger charge is 2.28. The second-order valence-corrected chi connectivity index (χ2v) is 7.29. The maximum absolute atomic E-state index is 12.5. The fourth-order valence-corrected chi connectivity index (χ4v) is 3.60. The standard InChI is InChI=1S/C19H27ClN2O3/c1-12-10-15(20)8-9-17(12)25-13(2)19(24)22-16(11-18(21)23)14-6-4-3-5-7-14/h8-10,13-14,16H,3-7,11H2,1-2H3,(H2,21,23)(H,22,24)/t13-,16-/m0/s1. The summed E-state index contributed by atoms with van der Waals surface area (Å²) in [6.07, 6.45) is 5.01. The number of rotatable bonds is 7. The molecule has 2 amide bonds. The zero-order chi connectivity index (χ0) is 18.4. The fraction of sp³-hybridized carbons (Fsp3) is 0.579. The van der Waals surface area contributed by atoms with Crippen LogP contribution in [0.5, 0.6) is 5.75 Å². The Kier molecular flexibility index (Phi) is 7.12. The van der Waals surface area contributed by atoms with E-state index in [0.717, 1.165) is 31.2 Å². The summed E-state index contributed by atoms with van der Waals surface area (Å²) in [7, 11) is 0. The normalized spacial score (nSPS) is 17.6. The van der Waals surface area contributed by atoms with E-state index >= 15 is 0 Å². The third-order valence-electron chi connectivity index (χ3n) is 4.78. The summed E-state index contributed by atoms with van der Waals surface area (Å²) in [5.74, 6) is 0.301. The van der Waals surface area contributed by atoms with Crippen LogP contribution >= 0.6 is 11.6 Å². The van der Waals surface area contributed by atoms with Crippen molar-refractivity contribution in [3.05, 3.63) is 28.8 Å². The molecule has 0 aliphatic heterocycles. The van der Waals surface area contributed by atoms with Gasteiger partial charge in [0.25, 0.3) is 5.91 Å². The Morgan fingerprint density at radius 1 is 1.32 bits per heavy atom. The molecule has 3 N–H and O–H groups in total. The van der Waals surface area contributed by atoms with Crippen molar-refractivity contribution in [2.45, 2.75) is 64.5 Å². The zero-order valence-electron chi connectivity index (χ0n) is 14.9. The van der Waals surface area contributed by atoms with E-state index < -0.39 is 12.0 Å². The van der Waals surface area contributed by atoms with E-state index in [-0.39, 0.29) is 18.4 Å². The SMILES string of the molecule is Cc1cc(Cl)ccc1O[C@@H](C)C(=O)N[C@@H](CC(N)=O)C1CCCCC1. The largest absolute Gasteiger partial charge is 0.481 e. The van der Waals surface area contributed by atoms with Gasteiger partial charge in [0.05, 0.1) is 0 Å². The lowest BCUT2D eigenvalue weighted by Crippen LogP contribution is -2.48. The molecule has 1 aromatic carbocycles. The number of halogens is 1. The molecule has 25 heavy (non-hydrogen) atoms. The molecule has 0 saturated heterocycles. The van der Waals surface area contributed by atoms with Gasteiger partial charge in [-0.05, 0) is 56.4 Å². The molecule has 1 saturated carbocycles. The van der Waals surface area contributed by atoms with Gasteiger partial charge in [-0.15, -0.1) is 0 Å². The lowest BCUT2D eigenvalue weighted by molar-refractivity contribution is -0.129. The number of carbonyl (C=O) groups is 2. The number of benzene rings is 1. The molecule has 2 rings (SSSR count). The van der Waals surface area contributed by atoms with Crippen LogP contribution in [0.1, 0.15) is 51.0 Å². The molecule has 0 bridgehead atoms. The van der Waals surface area contributed by atoms with Crippen molar-refractivity contribution in [2.24, 2.45) is 11.7 Å². The highest BCUT2D eigenvalue weighted by atomic mass is 35.5. The number of ether oxygens (including phenoxy) is 1. The average Bonchev–Trinajstić information content (AvgIpc) is 2.57. The lowest BCUT2D eigenvalue weighted by atomic mass is 9.82. The summed E-state index contributed by atoms with van der Waals surface area (Å²) in [6.45, 7) is 3.58. The maximum Gasteiger partial charge on any atom is 0.261 e. The predicted molar refractivity (Wildman–Crippen MR) is 98.6 cm³/mol. The molecule has 5 nitrogen and oxygen atoms in total. The van der Waals surface area contributed by atoms with E-state index in [0.29, 0.717) is 16.7 Å². The van der Waals surface area contributed by atoms with Crippen molar-refractivity contribution >= 4 is 23.4 Å². The van der Waals surface area contributed by atoms with Gasteiger partial charge in [0.2, 0.25) is 5.91 Å². The van der Waals surface area contributed by atoms with Crippen LogP contribution in [-0.4, -0.2) is 24.0 Å². The number of nitrogens with two attached hydrogens (primary N) is 1. The first-order valence-electron chi connectivity index (χ1n) is 8.88. The van der Waals surface area contributed by atoms with E-state index in [2.05, 4.69) is 5.32 Å². The summed E-state index contributed by atoms with van der Waals surface area (Å²) in [5, 5.41) is 3.60. The van der Waals surface area contributed by atoms with Gasteiger partial charge in [0.1, 0.15) is 5.75 Å². The summed E-state index contributed by atoms with van der Waals surface area (Å²) in [6, 6.07) is 5.05. The van der Waals surface area contributed by atoms with Gasteiger partial charge in [-0.3, -0.25) is 9.59 Å². The second-order valence-electron chi connectivity index (χ2n) is 6.85. The number of hydrogen-bond acceptors (Lipinski definition) is 3. The molecule has 0 aromatic heterocycles. The maximum atomic E-state index is 12.5. The van der Waals surface area contributed by atoms with Crippen LogP contribution in [-0.2, 0) is 9.59 Å². The van der Waals surface area contributed by atoms with E-state index in [4.69, 9.17) is 22.1 Å². The second kappa shape index (κ2) is 9.09. The third-order valence-corrected chi connectivity index (χ3v) is 5.01. The molecular weight excluding hydrogens is 340 g/mol. The highest BCUT2D eigenvalue weighted by Crippen LogP contribution is 2.28. The van der Waals surface area contributed by atoms with Crippen molar-refractivity contribution < 1.29 is 14.3 Å². The van der Waals surface area contributed by atoms with Gasteiger partial charge in [-0.2, -0.15) is 0 Å². The molecule has 0 spiro atoms. The van der Waals surface area contributed by atoms with E-state index in [1.165, 1.54) is 6.42 Å². The monoisotopic (exact) mass is 366 g/mol. The molecule has 138 valence electrons. The fourth-order valence-electron chi connectivity index (χ4n) is 3.38. The van der Waals surface area contributed by atoms with Crippen LogP contribution in [0.4, 0.5) is 0 Å². The van der Waals surface area contributed by atoms with Gasteiger partial charge in [0.15, 0.2) is 6.10 Å². The van der Waals surface area contributed by atoms with Gasteiger partial charge >= 0.3 is 0 Å². The molecule has 1 aliphatic rings. The van der Waals surface area contributed by atoms with Crippen LogP contribution < -0.4 is 15.8 Å². The van der Waals surface area contributed by atoms with Crippen molar-refractivity contribution in [2.75, 3.05) is 0 Å². The molecular formula is C19H27ClN2O3. The first kappa shape index (κ1) is 19.6. The van der Waals surface area contributed by atoms with Gasteiger partial charge in [0, 0.05) is 17.5 Å². The van der Waals surface area contributed by atoms with Crippen molar-refractivity contribution in [3.8, 4) is 5.75 Å². The number of aryl methyl sites for hydroxylation is 1. The summed E-state index contributed by atoms with van der Waals surface area (Å²) < 4.78 is 5.77. The third kappa shape index (κ3) is 5.92. The van der Waals surface area contributed by atoms with Crippen LogP contribution in [0.3, 0.4) is 0 Å². The molecule has 1 fully saturated rings. The molecule has 0 radical (unpaired) electrons. The number of primary amides is 1. The summed E-state index contributed by atoms with van der Waals surface area (Å²) >= 11 is 5.94. The summed E-state index contributed by atoms with van der Waals surface area (Å²) in [5.41, 5.74) is 6.24. The van der Waals surface area contributed by atoms with Gasteiger partial charge in [-0.25, -0.2) is 0 Å². The van der Waals surface area contributed by atoms with Crippen molar-refractivity contribution in [1.82, 2.24) is 5.32 Å². The Hall–Kier alpha value is -1.75. The Bertz CT molecular complexity index is 615. The number of carbonyl (C=O) groups excluding carboxylic acids is 2. The zero-order valence-corrected chi connectivity index (χ0v) is 15.6. The minimum Gasteiger partial charge on any atom is -0.481 e. The van der Waals surface area contributed by atoms with Crippen LogP contribution in [0.2, 0.25) is 5.02 Å². The predicted octanol–water partition coefficient (Wildman–Crippen LogP) is 3.36. The minimum atomic E-state index is -0.668. The Morgan fingerprint density at radius 3 is 2.60 bits per heavy atom. The van der Waals surface area contributed by atoms with Crippen molar-refractivity contribution in [1.29, 1.82) is 0 Å². The Labute approximate surface area is 154 Å². The van der Waals surface area contributed by atoms with Crippen LogP contribution in [0, 0.1) is 12.8 Å². The van der Waals surface area contributed by atoms with Gasteiger partial charge in [-0.1, -0.05) is 30.9 Å². The summed E-state index contributed by atoms with van der Waals surface area (Å²) in [4.78, 5) is 23.9. The van der Waals surface area contributed by atoms with E-state index in [1.807, 2.05) is 6.92 Å². The molecule has 0 unspecified atom stereocenters. The Morgan fingerprint density at radius 2 is 2.00 bits per heavy atom. The van der Waals surface area contributed by atoms with E-state index in [9.17, 15) is 9.59 Å². The number of amides is 2. The van der Waals surface area contributed by atoms with E-state index in [1.54, 1.807) is 25.1 Å². The smallest absolute Gasteiger partial charge is 0.261 e. The Balaban J connectivity index is 1.99. The molecule has 6 heteroatoms. The van der Waals surface area contributed by atoms with Crippen LogP contribution in [0.15, 0.2) is 18.2 Å². The quantitative estimate of drug-likeness (QED) is 0.776. The topological polar surface area (TPSA) is 81.4 Å². The van der Waals surface area contributed by atoms with Crippen LogP contribution in [0.25, 0.3) is 0 Å². The van der Waals surface area contributed by atoms with Gasteiger partial charge < -0.3 is 15.8 Å². The molecule has 1 aromatic rings. The highest BCUT2D eigenvalue weighted by molar-refractivity contribution is 6.30. The number of nitrogens with one attached hydrogen (secondary N) is 1. The molecule has 2 atom stereocenters. The molecule has 0 heterocycles. The average molecular weight is 367 g/mol. The first-order valence-corrected chi connectivity index (χ1v) is 9.26. The van der Waals surface area contributed by atoms with Crippen molar-refractivity contribution in [3.63, 3.8) is 0 Å². The minimum absolute atomic E-state index is 0.170. The molecule has 1 aliphatic carbocycles. The first-order chi connectivity index (χ1) is 11.9. The number of hydrogen-bond donors (Lipinski definition) is 2. The lowest BCUT2D eigenvalue weighted by Gasteiger charge is -2.31.